The topological polar surface area (TPSA) is 15.3 Å². The summed E-state index contributed by atoms with van der Waals surface area (Å²) in [5.41, 5.74) is 0. The monoisotopic (exact) mass is 214 g/mol. The summed E-state index contributed by atoms with van der Waals surface area (Å²) in [4.78, 5) is 2.29. The molecule has 1 aliphatic rings. The third-order valence-electron chi connectivity index (χ3n) is 2.65. The van der Waals surface area contributed by atoms with Gasteiger partial charge >= 0.3 is 0 Å². The van der Waals surface area contributed by atoms with Crippen LogP contribution in [0.25, 0.3) is 0 Å². The number of thiocarbonyl (C=S) groups is 1. The lowest BCUT2D eigenvalue weighted by atomic mass is 10.3. The summed E-state index contributed by atoms with van der Waals surface area (Å²) in [5.74, 6) is 0.917. The minimum absolute atomic E-state index is 0.917. The van der Waals surface area contributed by atoms with Crippen molar-refractivity contribution in [1.29, 1.82) is 0 Å². The van der Waals surface area contributed by atoms with Crippen molar-refractivity contribution in [3.05, 3.63) is 0 Å². The first kappa shape index (κ1) is 11.8. The quantitative estimate of drug-likeness (QED) is 0.540. The van der Waals surface area contributed by atoms with Crippen LogP contribution < -0.4 is 5.32 Å². The van der Waals surface area contributed by atoms with Gasteiger partial charge < -0.3 is 10.2 Å². The minimum atomic E-state index is 0.917. The number of unbranched alkanes of at least 4 members (excludes halogenated alkanes) is 1. The smallest absolute Gasteiger partial charge is 0.168 e. The zero-order valence-electron chi connectivity index (χ0n) is 9.38. The molecule has 0 amide bonds. The van der Waals surface area contributed by atoms with Crippen molar-refractivity contribution in [3.63, 3.8) is 0 Å². The summed E-state index contributed by atoms with van der Waals surface area (Å²) in [7, 11) is 0. The maximum absolute atomic E-state index is 5.35. The lowest BCUT2D eigenvalue weighted by Crippen LogP contribution is -2.41. The lowest BCUT2D eigenvalue weighted by molar-refractivity contribution is 0.412. The van der Waals surface area contributed by atoms with Crippen molar-refractivity contribution in [2.75, 3.05) is 19.6 Å². The van der Waals surface area contributed by atoms with Crippen molar-refractivity contribution >= 4 is 17.3 Å². The van der Waals surface area contributed by atoms with Crippen LogP contribution in [0.15, 0.2) is 0 Å². The molecular weight excluding hydrogens is 192 g/mol. The first-order valence-corrected chi connectivity index (χ1v) is 6.21. The van der Waals surface area contributed by atoms with E-state index in [2.05, 4.69) is 24.1 Å². The summed E-state index contributed by atoms with van der Waals surface area (Å²) in [5, 5.41) is 4.28. The van der Waals surface area contributed by atoms with Gasteiger partial charge in [-0.1, -0.05) is 13.3 Å². The van der Waals surface area contributed by atoms with E-state index in [1.807, 2.05) is 0 Å². The van der Waals surface area contributed by atoms with Crippen molar-refractivity contribution in [1.82, 2.24) is 10.2 Å². The molecule has 0 aliphatic heterocycles. The van der Waals surface area contributed by atoms with E-state index in [1.54, 1.807) is 0 Å². The lowest BCUT2D eigenvalue weighted by Gasteiger charge is -2.24. The van der Waals surface area contributed by atoms with Gasteiger partial charge in [-0.05, 0) is 44.3 Å². The van der Waals surface area contributed by atoms with Gasteiger partial charge in [0.2, 0.25) is 0 Å². The van der Waals surface area contributed by atoms with Gasteiger partial charge in [-0.3, -0.25) is 0 Å². The Bertz CT molecular complexity index is 178. The highest BCUT2D eigenvalue weighted by atomic mass is 32.1. The predicted octanol–water partition coefficient (Wildman–Crippen LogP) is 2.39. The van der Waals surface area contributed by atoms with E-state index in [0.29, 0.717) is 0 Å². The van der Waals surface area contributed by atoms with E-state index >= 15 is 0 Å². The van der Waals surface area contributed by atoms with E-state index in [1.165, 1.54) is 25.7 Å². The van der Waals surface area contributed by atoms with Gasteiger partial charge in [0.15, 0.2) is 5.11 Å². The summed E-state index contributed by atoms with van der Waals surface area (Å²) in [6, 6.07) is 0. The fraction of sp³-hybridized carbons (Fsp3) is 0.909. The molecule has 14 heavy (non-hydrogen) atoms. The molecule has 1 rings (SSSR count). The molecule has 0 bridgehead atoms. The fourth-order valence-corrected chi connectivity index (χ4v) is 1.76. The van der Waals surface area contributed by atoms with Gasteiger partial charge in [-0.25, -0.2) is 0 Å². The van der Waals surface area contributed by atoms with Crippen LogP contribution in [-0.2, 0) is 0 Å². The molecule has 0 radical (unpaired) electrons. The van der Waals surface area contributed by atoms with Crippen LogP contribution in [0.4, 0.5) is 0 Å². The summed E-state index contributed by atoms with van der Waals surface area (Å²) < 4.78 is 0. The molecule has 0 unspecified atom stereocenters. The van der Waals surface area contributed by atoms with E-state index in [-0.39, 0.29) is 0 Å². The van der Waals surface area contributed by atoms with Gasteiger partial charge in [0, 0.05) is 19.6 Å². The number of nitrogens with one attached hydrogen (secondary N) is 1. The van der Waals surface area contributed by atoms with Crippen LogP contribution in [0.1, 0.15) is 39.5 Å². The second-order valence-electron chi connectivity index (χ2n) is 4.07. The molecule has 3 heteroatoms. The average molecular weight is 214 g/mol. The molecule has 1 fully saturated rings. The van der Waals surface area contributed by atoms with Crippen LogP contribution in [0.3, 0.4) is 0 Å². The van der Waals surface area contributed by atoms with E-state index in [4.69, 9.17) is 12.2 Å². The molecule has 0 aromatic carbocycles. The zero-order valence-corrected chi connectivity index (χ0v) is 10.2. The highest BCUT2D eigenvalue weighted by Gasteiger charge is 2.24. The molecule has 0 aromatic heterocycles. The van der Waals surface area contributed by atoms with Crippen molar-refractivity contribution < 1.29 is 0 Å². The first-order chi connectivity index (χ1) is 6.77. The molecule has 0 aromatic rings. The van der Waals surface area contributed by atoms with Crippen LogP contribution >= 0.6 is 12.2 Å². The SMILES string of the molecule is CCCCNC(=S)N(CC)CC1CC1. The minimum Gasteiger partial charge on any atom is -0.363 e. The number of hydrogen-bond donors (Lipinski definition) is 1. The van der Waals surface area contributed by atoms with E-state index in [9.17, 15) is 0 Å². The maximum atomic E-state index is 5.35. The Kier molecular flexibility index (Phi) is 5.23. The molecular formula is C11H22N2S. The summed E-state index contributed by atoms with van der Waals surface area (Å²) >= 11 is 5.35. The third-order valence-corrected chi connectivity index (χ3v) is 3.05. The van der Waals surface area contributed by atoms with Gasteiger partial charge in [0.05, 0.1) is 0 Å². The van der Waals surface area contributed by atoms with Crippen LogP contribution in [0.2, 0.25) is 0 Å². The largest absolute Gasteiger partial charge is 0.363 e. The van der Waals surface area contributed by atoms with Crippen LogP contribution in [0.5, 0.6) is 0 Å². The van der Waals surface area contributed by atoms with Gasteiger partial charge in [-0.2, -0.15) is 0 Å². The van der Waals surface area contributed by atoms with Gasteiger partial charge in [-0.15, -0.1) is 0 Å². The molecule has 82 valence electrons. The number of rotatable bonds is 6. The normalized spacial score (nSPS) is 15.3. The Morgan fingerprint density at radius 1 is 1.43 bits per heavy atom. The summed E-state index contributed by atoms with van der Waals surface area (Å²) in [6.45, 7) is 7.60. The number of nitrogens with zero attached hydrogens (tertiary/aromatic N) is 1. The summed E-state index contributed by atoms with van der Waals surface area (Å²) in [6.07, 6.45) is 5.23. The molecule has 0 spiro atoms. The maximum Gasteiger partial charge on any atom is 0.168 e. The first-order valence-electron chi connectivity index (χ1n) is 5.80. The molecule has 1 N–H and O–H groups in total. The molecule has 0 atom stereocenters. The Hall–Kier alpha value is -0.310. The fourth-order valence-electron chi connectivity index (χ4n) is 1.45. The average Bonchev–Trinajstić information content (AvgIpc) is 2.98. The van der Waals surface area contributed by atoms with Crippen molar-refractivity contribution in [3.8, 4) is 0 Å². The zero-order chi connectivity index (χ0) is 10.4. The Balaban J connectivity index is 2.16. The van der Waals surface area contributed by atoms with Crippen molar-refractivity contribution in [2.45, 2.75) is 39.5 Å². The third kappa shape index (κ3) is 4.27. The van der Waals surface area contributed by atoms with E-state index < -0.39 is 0 Å². The van der Waals surface area contributed by atoms with E-state index in [0.717, 1.165) is 30.7 Å². The Morgan fingerprint density at radius 3 is 2.64 bits per heavy atom. The molecule has 0 saturated heterocycles. The molecule has 0 heterocycles. The van der Waals surface area contributed by atoms with Crippen molar-refractivity contribution in [2.24, 2.45) is 5.92 Å². The standard InChI is InChI=1S/C11H22N2S/c1-3-5-8-12-11(14)13(4-2)9-10-6-7-10/h10H,3-9H2,1-2H3,(H,12,14). The highest BCUT2D eigenvalue weighted by Crippen LogP contribution is 2.29. The second kappa shape index (κ2) is 6.23. The highest BCUT2D eigenvalue weighted by molar-refractivity contribution is 7.80. The molecule has 2 nitrogen and oxygen atoms in total. The Morgan fingerprint density at radius 2 is 2.14 bits per heavy atom. The van der Waals surface area contributed by atoms with Gasteiger partial charge in [0.25, 0.3) is 0 Å². The second-order valence-corrected chi connectivity index (χ2v) is 4.45. The van der Waals surface area contributed by atoms with Crippen LogP contribution in [0, 0.1) is 5.92 Å². The molecule has 1 saturated carbocycles. The van der Waals surface area contributed by atoms with Crippen LogP contribution in [-0.4, -0.2) is 29.6 Å². The number of hydrogen-bond acceptors (Lipinski definition) is 1. The Labute approximate surface area is 93.1 Å². The predicted molar refractivity (Wildman–Crippen MR) is 65.5 cm³/mol. The molecule has 1 aliphatic carbocycles. The van der Waals surface area contributed by atoms with Gasteiger partial charge in [0.1, 0.15) is 0 Å².